The van der Waals surface area contributed by atoms with E-state index in [1.165, 1.54) is 14.0 Å². The molecule has 1 N–H and O–H groups in total. The van der Waals surface area contributed by atoms with E-state index in [0.29, 0.717) is 0 Å². The molecular weight excluding hydrogens is 402 g/mol. The van der Waals surface area contributed by atoms with E-state index in [1.807, 2.05) is 0 Å². The Bertz CT molecular complexity index is 1030. The first kappa shape index (κ1) is 21.0. The molecule has 0 radical (unpaired) electrons. The van der Waals surface area contributed by atoms with Crippen molar-refractivity contribution < 1.29 is 36.4 Å². The van der Waals surface area contributed by atoms with Crippen molar-refractivity contribution in [3.05, 3.63) is 57.6 Å². The van der Waals surface area contributed by atoms with E-state index in [2.05, 4.69) is 4.74 Å². The molecule has 1 amide bonds. The molecular formula is C16H14F2N2O7S. The van der Waals surface area contributed by atoms with Gasteiger partial charge in [-0.05, 0) is 36.8 Å². The molecule has 0 saturated heterocycles. The second kappa shape index (κ2) is 8.17. The minimum Gasteiger partial charge on any atom is -0.493 e. The lowest BCUT2D eigenvalue weighted by atomic mass is 10.2. The maximum Gasteiger partial charge on any atom is 0.387 e. The van der Waals surface area contributed by atoms with Crippen LogP contribution in [0.3, 0.4) is 0 Å². The summed E-state index contributed by atoms with van der Waals surface area (Å²) < 4.78 is 60.7. The highest BCUT2D eigenvalue weighted by molar-refractivity contribution is 7.90. The topological polar surface area (TPSA) is 125 Å². The number of nitrogens with zero attached hydrogens (tertiary/aromatic N) is 1. The number of aryl methyl sites for hydroxylation is 1. The number of methoxy groups -OCH3 is 1. The SMILES string of the molecule is COc1ccc(C(=O)NS(=O)(=O)c2ccc([N+](=O)[O-])cc2C)cc1OC(F)F. The number of sulfonamides is 1. The van der Waals surface area contributed by atoms with E-state index in [-0.39, 0.29) is 27.5 Å². The minimum atomic E-state index is -4.37. The Kier molecular flexibility index (Phi) is 6.13. The number of alkyl halides is 2. The Hall–Kier alpha value is -3.28. The Balaban J connectivity index is 2.32. The van der Waals surface area contributed by atoms with Gasteiger partial charge in [0.05, 0.1) is 16.9 Å². The Morgan fingerprint density at radius 3 is 2.39 bits per heavy atom. The van der Waals surface area contributed by atoms with Gasteiger partial charge in [0.25, 0.3) is 21.6 Å². The average Bonchev–Trinajstić information content (AvgIpc) is 2.60. The zero-order valence-electron chi connectivity index (χ0n) is 14.5. The van der Waals surface area contributed by atoms with Crippen molar-refractivity contribution in [2.75, 3.05) is 7.11 Å². The van der Waals surface area contributed by atoms with Gasteiger partial charge in [-0.1, -0.05) is 0 Å². The van der Waals surface area contributed by atoms with Crippen LogP contribution in [0.5, 0.6) is 11.5 Å². The molecule has 0 saturated carbocycles. The zero-order chi connectivity index (χ0) is 21.1. The predicted molar refractivity (Wildman–Crippen MR) is 92.1 cm³/mol. The fraction of sp³-hybridized carbons (Fsp3) is 0.188. The summed E-state index contributed by atoms with van der Waals surface area (Å²) in [5.74, 6) is -1.64. The number of nitrogens with one attached hydrogen (secondary N) is 1. The maximum absolute atomic E-state index is 12.5. The Labute approximate surface area is 158 Å². The number of carbonyl (C=O) groups excluding carboxylic acids is 1. The number of amides is 1. The molecule has 0 aliphatic rings. The smallest absolute Gasteiger partial charge is 0.387 e. The number of hydrogen-bond donors (Lipinski definition) is 1. The standard InChI is InChI=1S/C16H14F2N2O7S/c1-9-7-11(20(22)23)4-6-14(9)28(24,25)19-15(21)10-3-5-12(26-2)13(8-10)27-16(17)18/h3-8,16H,1-2H3,(H,19,21). The molecule has 28 heavy (non-hydrogen) atoms. The van der Waals surface area contributed by atoms with Crippen LogP contribution < -0.4 is 14.2 Å². The summed E-state index contributed by atoms with van der Waals surface area (Å²) in [7, 11) is -3.17. The van der Waals surface area contributed by atoms with Crippen molar-refractivity contribution >= 4 is 21.6 Å². The van der Waals surface area contributed by atoms with E-state index in [1.54, 1.807) is 4.72 Å². The number of non-ortho nitro benzene ring substituents is 1. The number of hydrogen-bond acceptors (Lipinski definition) is 7. The van der Waals surface area contributed by atoms with E-state index < -0.39 is 33.2 Å². The van der Waals surface area contributed by atoms with Crippen LogP contribution in [0.4, 0.5) is 14.5 Å². The van der Waals surface area contributed by atoms with Gasteiger partial charge in [0, 0.05) is 17.7 Å². The van der Waals surface area contributed by atoms with Crippen LogP contribution in [0.2, 0.25) is 0 Å². The van der Waals surface area contributed by atoms with Gasteiger partial charge in [-0.3, -0.25) is 14.9 Å². The molecule has 9 nitrogen and oxygen atoms in total. The molecule has 2 aromatic carbocycles. The highest BCUT2D eigenvalue weighted by atomic mass is 32.2. The molecule has 0 aliphatic heterocycles. The van der Waals surface area contributed by atoms with E-state index in [9.17, 15) is 32.1 Å². The molecule has 12 heteroatoms. The lowest BCUT2D eigenvalue weighted by molar-refractivity contribution is -0.385. The van der Waals surface area contributed by atoms with Crippen LogP contribution in [0.1, 0.15) is 15.9 Å². The minimum absolute atomic E-state index is 0.0472. The summed E-state index contributed by atoms with van der Waals surface area (Å²) in [4.78, 5) is 22.0. The monoisotopic (exact) mass is 416 g/mol. The van der Waals surface area contributed by atoms with Gasteiger partial charge in [0.15, 0.2) is 11.5 Å². The molecule has 0 bridgehead atoms. The largest absolute Gasteiger partial charge is 0.493 e. The first-order valence-electron chi connectivity index (χ1n) is 7.50. The number of halogens is 2. The van der Waals surface area contributed by atoms with Crippen molar-refractivity contribution in [2.24, 2.45) is 0 Å². The number of rotatable bonds is 7. The number of benzene rings is 2. The first-order valence-corrected chi connectivity index (χ1v) is 8.98. The summed E-state index contributed by atoms with van der Waals surface area (Å²) in [5, 5.41) is 10.7. The van der Waals surface area contributed by atoms with Gasteiger partial charge in [0.2, 0.25) is 0 Å². The van der Waals surface area contributed by atoms with E-state index >= 15 is 0 Å². The number of nitro benzene ring substituents is 1. The summed E-state index contributed by atoms with van der Waals surface area (Å²) in [6.07, 6.45) is 0. The second-order valence-electron chi connectivity index (χ2n) is 5.39. The highest BCUT2D eigenvalue weighted by Crippen LogP contribution is 2.29. The van der Waals surface area contributed by atoms with Crippen LogP contribution in [0.15, 0.2) is 41.3 Å². The van der Waals surface area contributed by atoms with Gasteiger partial charge >= 0.3 is 6.61 Å². The fourth-order valence-electron chi connectivity index (χ4n) is 2.29. The fourth-order valence-corrected chi connectivity index (χ4v) is 3.49. The molecule has 0 aliphatic carbocycles. The molecule has 0 atom stereocenters. The summed E-state index contributed by atoms with van der Waals surface area (Å²) in [5.41, 5.74) is -0.544. The van der Waals surface area contributed by atoms with Gasteiger partial charge in [0.1, 0.15) is 0 Å². The summed E-state index contributed by atoms with van der Waals surface area (Å²) in [6, 6.07) is 6.23. The van der Waals surface area contributed by atoms with Gasteiger partial charge in [-0.25, -0.2) is 13.1 Å². The van der Waals surface area contributed by atoms with Crippen molar-refractivity contribution in [1.29, 1.82) is 0 Å². The molecule has 2 aromatic rings. The molecule has 0 aromatic heterocycles. The van der Waals surface area contributed by atoms with Crippen LogP contribution in [-0.2, 0) is 10.0 Å². The van der Waals surface area contributed by atoms with Crippen LogP contribution in [0, 0.1) is 17.0 Å². The molecule has 150 valence electrons. The van der Waals surface area contributed by atoms with Crippen LogP contribution in [-0.4, -0.2) is 33.0 Å². The summed E-state index contributed by atoms with van der Waals surface area (Å²) >= 11 is 0. The zero-order valence-corrected chi connectivity index (χ0v) is 15.3. The van der Waals surface area contributed by atoms with E-state index in [0.717, 1.165) is 36.4 Å². The molecule has 0 spiro atoms. The van der Waals surface area contributed by atoms with Crippen molar-refractivity contribution in [3.8, 4) is 11.5 Å². The molecule has 0 unspecified atom stereocenters. The van der Waals surface area contributed by atoms with Crippen molar-refractivity contribution in [3.63, 3.8) is 0 Å². The predicted octanol–water partition coefficient (Wildman–Crippen LogP) is 2.63. The summed E-state index contributed by atoms with van der Waals surface area (Å²) in [6.45, 7) is -1.85. The Morgan fingerprint density at radius 2 is 1.86 bits per heavy atom. The van der Waals surface area contributed by atoms with Gasteiger partial charge in [-0.2, -0.15) is 8.78 Å². The second-order valence-corrected chi connectivity index (χ2v) is 7.04. The van der Waals surface area contributed by atoms with Crippen LogP contribution >= 0.6 is 0 Å². The number of carbonyl (C=O) groups is 1. The first-order chi connectivity index (χ1) is 13.0. The average molecular weight is 416 g/mol. The van der Waals surface area contributed by atoms with Crippen molar-refractivity contribution in [1.82, 2.24) is 4.72 Å². The van der Waals surface area contributed by atoms with E-state index in [4.69, 9.17) is 4.74 Å². The Morgan fingerprint density at radius 1 is 1.18 bits per heavy atom. The highest BCUT2D eigenvalue weighted by Gasteiger charge is 2.23. The van der Waals surface area contributed by atoms with Gasteiger partial charge in [-0.15, -0.1) is 0 Å². The molecule has 2 rings (SSSR count). The normalized spacial score (nSPS) is 11.2. The maximum atomic E-state index is 12.5. The molecule has 0 fully saturated rings. The number of nitro groups is 1. The van der Waals surface area contributed by atoms with Crippen LogP contribution in [0.25, 0.3) is 0 Å². The van der Waals surface area contributed by atoms with Gasteiger partial charge < -0.3 is 9.47 Å². The molecule has 0 heterocycles. The third kappa shape index (κ3) is 4.71. The van der Waals surface area contributed by atoms with Crippen molar-refractivity contribution in [2.45, 2.75) is 18.4 Å². The lowest BCUT2D eigenvalue weighted by Gasteiger charge is -2.12. The third-order valence-electron chi connectivity index (χ3n) is 3.53. The third-order valence-corrected chi connectivity index (χ3v) is 5.02. The quantitative estimate of drug-likeness (QED) is 0.543. The lowest BCUT2D eigenvalue weighted by Crippen LogP contribution is -2.31. The number of ether oxygens (including phenoxy) is 2.